The molecular weight excluding hydrogens is 312 g/mol. The van der Waals surface area contributed by atoms with Gasteiger partial charge in [-0.05, 0) is 36.6 Å². The highest BCUT2D eigenvalue weighted by molar-refractivity contribution is 6.32. The van der Waals surface area contributed by atoms with E-state index >= 15 is 0 Å². The maximum atomic E-state index is 12.4. The fourth-order valence-corrected chi connectivity index (χ4v) is 2.91. The van der Waals surface area contributed by atoms with Gasteiger partial charge in [-0.25, -0.2) is 4.79 Å². The number of aryl methyl sites for hydroxylation is 1. The van der Waals surface area contributed by atoms with Crippen LogP contribution in [0, 0.1) is 0 Å². The van der Waals surface area contributed by atoms with Crippen molar-refractivity contribution in [2.75, 3.05) is 24.6 Å². The van der Waals surface area contributed by atoms with E-state index in [0.29, 0.717) is 23.9 Å². The van der Waals surface area contributed by atoms with Gasteiger partial charge in [0, 0.05) is 12.2 Å². The van der Waals surface area contributed by atoms with E-state index < -0.39 is 0 Å². The van der Waals surface area contributed by atoms with Crippen LogP contribution >= 0.6 is 11.6 Å². The van der Waals surface area contributed by atoms with Crippen LogP contribution in [-0.2, 0) is 6.42 Å². The number of nitrogens with zero attached hydrogens (tertiary/aromatic N) is 1. The molecule has 3 rings (SSSR count). The Morgan fingerprint density at radius 2 is 1.96 bits per heavy atom. The first-order valence-corrected chi connectivity index (χ1v) is 8.14. The molecule has 0 bridgehead atoms. The summed E-state index contributed by atoms with van der Waals surface area (Å²) in [6.45, 7) is 1.56. The molecule has 0 aliphatic carbocycles. The second-order valence-corrected chi connectivity index (χ2v) is 5.80. The number of carbonyl (C=O) groups excluding carboxylic acids is 1. The van der Waals surface area contributed by atoms with Gasteiger partial charge in [-0.2, -0.15) is 0 Å². The van der Waals surface area contributed by atoms with Gasteiger partial charge in [0.15, 0.2) is 0 Å². The number of para-hydroxylation sites is 2. The first kappa shape index (κ1) is 15.7. The maximum Gasteiger partial charge on any atom is 0.321 e. The highest BCUT2D eigenvalue weighted by Gasteiger charge is 2.21. The molecule has 2 amide bonds. The minimum Gasteiger partial charge on any atom is -0.490 e. The number of nitrogens with one attached hydrogen (secondary N) is 1. The third-order valence-electron chi connectivity index (χ3n) is 3.83. The van der Waals surface area contributed by atoms with Gasteiger partial charge in [-0.15, -0.1) is 0 Å². The van der Waals surface area contributed by atoms with Crippen LogP contribution in [0.15, 0.2) is 48.5 Å². The maximum absolute atomic E-state index is 12.4. The molecule has 0 saturated carbocycles. The van der Waals surface area contributed by atoms with Gasteiger partial charge in [-0.3, -0.25) is 4.90 Å². The summed E-state index contributed by atoms with van der Waals surface area (Å²) in [5, 5.41) is 3.47. The third kappa shape index (κ3) is 3.77. The third-order valence-corrected chi connectivity index (χ3v) is 4.14. The number of carbonyl (C=O) groups is 1. The molecule has 5 heteroatoms. The van der Waals surface area contributed by atoms with Crippen LogP contribution in [0.2, 0.25) is 5.02 Å². The summed E-state index contributed by atoms with van der Waals surface area (Å²) in [7, 11) is 0. The predicted molar refractivity (Wildman–Crippen MR) is 92.5 cm³/mol. The number of hydrogen-bond donors (Lipinski definition) is 1. The summed E-state index contributed by atoms with van der Waals surface area (Å²) in [6, 6.07) is 15.3. The molecule has 2 aromatic rings. The van der Waals surface area contributed by atoms with Crippen LogP contribution in [0.4, 0.5) is 10.5 Å². The molecule has 0 unspecified atom stereocenters. The number of ether oxygens (including phenoxy) is 1. The lowest BCUT2D eigenvalue weighted by atomic mass is 10.0. The van der Waals surface area contributed by atoms with Crippen molar-refractivity contribution in [2.24, 2.45) is 0 Å². The van der Waals surface area contributed by atoms with E-state index in [2.05, 4.69) is 11.4 Å². The highest BCUT2D eigenvalue weighted by Crippen LogP contribution is 2.26. The minimum absolute atomic E-state index is 0.0834. The summed E-state index contributed by atoms with van der Waals surface area (Å²) in [4.78, 5) is 14.2. The van der Waals surface area contributed by atoms with Gasteiger partial charge < -0.3 is 10.1 Å². The Hall–Kier alpha value is -2.20. The molecule has 23 heavy (non-hydrogen) atoms. The number of benzene rings is 2. The molecule has 0 spiro atoms. The molecular formula is C18H19ClN2O2. The molecule has 0 radical (unpaired) electrons. The van der Waals surface area contributed by atoms with E-state index in [1.54, 1.807) is 11.0 Å². The van der Waals surface area contributed by atoms with Gasteiger partial charge >= 0.3 is 6.03 Å². The number of fused-ring (bicyclic) bond motifs is 1. The lowest BCUT2D eigenvalue weighted by Gasteiger charge is -2.29. The van der Waals surface area contributed by atoms with Gasteiger partial charge in [0.2, 0.25) is 0 Å². The Kier molecular flexibility index (Phi) is 5.03. The number of halogens is 1. The van der Waals surface area contributed by atoms with Crippen molar-refractivity contribution >= 4 is 23.3 Å². The standard InChI is InChI=1S/C18H19ClN2O2/c19-15-8-2-4-10-17(15)23-13-11-20-18(22)21-12-5-7-14-6-1-3-9-16(14)21/h1-4,6,8-10H,5,7,11-13H2,(H,20,22). The van der Waals surface area contributed by atoms with Crippen molar-refractivity contribution in [3.63, 3.8) is 0 Å². The number of amides is 2. The molecule has 4 nitrogen and oxygen atoms in total. The largest absolute Gasteiger partial charge is 0.490 e. The average Bonchev–Trinajstić information content (AvgIpc) is 2.59. The molecule has 0 saturated heterocycles. The molecule has 0 fully saturated rings. The van der Waals surface area contributed by atoms with Crippen molar-refractivity contribution < 1.29 is 9.53 Å². The van der Waals surface area contributed by atoms with Crippen LogP contribution < -0.4 is 15.0 Å². The predicted octanol–water partition coefficient (Wildman–Crippen LogP) is 3.88. The first-order valence-electron chi connectivity index (χ1n) is 7.76. The van der Waals surface area contributed by atoms with E-state index in [1.165, 1.54) is 5.56 Å². The first-order chi connectivity index (χ1) is 11.3. The normalized spacial score (nSPS) is 13.3. The zero-order chi connectivity index (χ0) is 16.1. The summed E-state index contributed by atoms with van der Waals surface area (Å²) < 4.78 is 5.58. The lowest BCUT2D eigenvalue weighted by Crippen LogP contribution is -2.44. The van der Waals surface area contributed by atoms with Crippen LogP contribution in [0.25, 0.3) is 0 Å². The second-order valence-electron chi connectivity index (χ2n) is 5.39. The Balaban J connectivity index is 1.52. The number of urea groups is 1. The second kappa shape index (κ2) is 7.38. The molecule has 1 N–H and O–H groups in total. The van der Waals surface area contributed by atoms with E-state index in [4.69, 9.17) is 16.3 Å². The van der Waals surface area contributed by atoms with Crippen LogP contribution in [0.3, 0.4) is 0 Å². The fraction of sp³-hybridized carbons (Fsp3) is 0.278. The molecule has 2 aromatic carbocycles. The molecule has 1 aliphatic rings. The fourth-order valence-electron chi connectivity index (χ4n) is 2.72. The zero-order valence-electron chi connectivity index (χ0n) is 12.8. The Bertz CT molecular complexity index is 690. The molecule has 1 heterocycles. The Labute approximate surface area is 141 Å². The van der Waals surface area contributed by atoms with Crippen molar-refractivity contribution in [1.29, 1.82) is 0 Å². The lowest BCUT2D eigenvalue weighted by molar-refractivity contribution is 0.241. The van der Waals surface area contributed by atoms with Crippen LogP contribution in [-0.4, -0.2) is 25.7 Å². The van der Waals surface area contributed by atoms with Crippen LogP contribution in [0.5, 0.6) is 5.75 Å². The minimum atomic E-state index is -0.0834. The smallest absolute Gasteiger partial charge is 0.321 e. The number of hydrogen-bond acceptors (Lipinski definition) is 2. The zero-order valence-corrected chi connectivity index (χ0v) is 13.6. The van der Waals surface area contributed by atoms with Crippen LogP contribution in [0.1, 0.15) is 12.0 Å². The number of rotatable bonds is 4. The topological polar surface area (TPSA) is 41.6 Å². The summed E-state index contributed by atoms with van der Waals surface area (Å²) in [6.07, 6.45) is 2.01. The Morgan fingerprint density at radius 1 is 1.17 bits per heavy atom. The highest BCUT2D eigenvalue weighted by atomic mass is 35.5. The molecule has 0 atom stereocenters. The quantitative estimate of drug-likeness (QED) is 0.864. The number of anilines is 1. The summed E-state index contributed by atoms with van der Waals surface area (Å²) in [5.41, 5.74) is 2.23. The van der Waals surface area contributed by atoms with Gasteiger partial charge in [-0.1, -0.05) is 41.9 Å². The van der Waals surface area contributed by atoms with E-state index in [1.807, 2.05) is 36.4 Å². The molecule has 120 valence electrons. The van der Waals surface area contributed by atoms with E-state index in [0.717, 1.165) is 25.1 Å². The van der Waals surface area contributed by atoms with Gasteiger partial charge in [0.05, 0.1) is 11.6 Å². The van der Waals surface area contributed by atoms with Gasteiger partial charge in [0.25, 0.3) is 0 Å². The molecule has 1 aliphatic heterocycles. The molecule has 0 aromatic heterocycles. The summed E-state index contributed by atoms with van der Waals surface area (Å²) in [5.74, 6) is 0.631. The van der Waals surface area contributed by atoms with E-state index in [9.17, 15) is 4.79 Å². The van der Waals surface area contributed by atoms with Crippen molar-refractivity contribution in [1.82, 2.24) is 5.32 Å². The summed E-state index contributed by atoms with van der Waals surface area (Å²) >= 11 is 6.02. The van der Waals surface area contributed by atoms with E-state index in [-0.39, 0.29) is 6.03 Å². The van der Waals surface area contributed by atoms with Crippen molar-refractivity contribution in [3.05, 3.63) is 59.1 Å². The SMILES string of the molecule is O=C(NCCOc1ccccc1Cl)N1CCCc2ccccc21. The van der Waals surface area contributed by atoms with Crippen molar-refractivity contribution in [2.45, 2.75) is 12.8 Å². The monoisotopic (exact) mass is 330 g/mol. The van der Waals surface area contributed by atoms with Gasteiger partial charge in [0.1, 0.15) is 12.4 Å². The van der Waals surface area contributed by atoms with Crippen molar-refractivity contribution in [3.8, 4) is 5.75 Å². The Morgan fingerprint density at radius 3 is 2.83 bits per heavy atom. The average molecular weight is 331 g/mol.